The molecule has 0 aromatic heterocycles. The Morgan fingerprint density at radius 3 is 2.65 bits per heavy atom. The summed E-state index contributed by atoms with van der Waals surface area (Å²) in [4.78, 5) is 2.20. The molecule has 0 saturated heterocycles. The van der Waals surface area contributed by atoms with Crippen molar-refractivity contribution in [3.8, 4) is 6.07 Å². The normalized spacial score (nSPS) is 10.1. The number of aryl methyl sites for hydroxylation is 1. The van der Waals surface area contributed by atoms with Gasteiger partial charge in [0.05, 0.1) is 11.6 Å². The van der Waals surface area contributed by atoms with Crippen molar-refractivity contribution in [3.05, 3.63) is 64.7 Å². The molecule has 0 bridgehead atoms. The van der Waals surface area contributed by atoms with Gasteiger partial charge in [-0.3, -0.25) is 0 Å². The van der Waals surface area contributed by atoms with E-state index in [0.717, 1.165) is 17.4 Å². The molecule has 2 aromatic carbocycles. The molecule has 0 aliphatic heterocycles. The van der Waals surface area contributed by atoms with E-state index in [9.17, 15) is 0 Å². The summed E-state index contributed by atoms with van der Waals surface area (Å²) in [5.41, 5.74) is 5.65. The van der Waals surface area contributed by atoms with E-state index in [4.69, 9.17) is 5.26 Å². The number of rotatable bonds is 4. The van der Waals surface area contributed by atoms with Gasteiger partial charge >= 0.3 is 0 Å². The molecule has 0 aliphatic rings. The van der Waals surface area contributed by atoms with Crippen LogP contribution in [0.5, 0.6) is 0 Å². The van der Waals surface area contributed by atoms with E-state index >= 15 is 0 Å². The first kappa shape index (κ1) is 14.6. The van der Waals surface area contributed by atoms with E-state index in [2.05, 4.69) is 65.1 Å². The third-order valence-corrected chi connectivity index (χ3v) is 3.99. The van der Waals surface area contributed by atoms with Crippen LogP contribution in [0.3, 0.4) is 0 Å². The average Bonchev–Trinajstić information content (AvgIpc) is 2.47. The Bertz CT molecular complexity index is 644. The highest BCUT2D eigenvalue weighted by atomic mass is 79.9. The van der Waals surface area contributed by atoms with Crippen molar-refractivity contribution in [2.45, 2.75) is 18.8 Å². The lowest BCUT2D eigenvalue weighted by Crippen LogP contribution is -2.16. The second kappa shape index (κ2) is 6.58. The molecule has 0 unspecified atom stereocenters. The zero-order chi connectivity index (χ0) is 14.5. The molecule has 0 heterocycles. The number of alkyl halides is 1. The molecule has 0 spiro atoms. The van der Waals surface area contributed by atoms with Crippen molar-refractivity contribution < 1.29 is 0 Å². The van der Waals surface area contributed by atoms with E-state index in [1.165, 1.54) is 16.8 Å². The smallest absolute Gasteiger partial charge is 0.0991 e. The number of anilines is 1. The Kier molecular flexibility index (Phi) is 4.81. The first-order valence-electron chi connectivity index (χ1n) is 6.49. The van der Waals surface area contributed by atoms with Crippen molar-refractivity contribution in [2.24, 2.45) is 0 Å². The lowest BCUT2D eigenvalue weighted by Gasteiger charge is -2.20. The van der Waals surface area contributed by atoms with Gasteiger partial charge in [-0.1, -0.05) is 34.1 Å². The largest absolute Gasteiger partial charge is 0.370 e. The van der Waals surface area contributed by atoms with Crippen LogP contribution >= 0.6 is 15.9 Å². The number of nitrogens with zero attached hydrogens (tertiary/aromatic N) is 2. The molecule has 3 heteroatoms. The zero-order valence-corrected chi connectivity index (χ0v) is 13.3. The quantitative estimate of drug-likeness (QED) is 0.778. The van der Waals surface area contributed by atoms with Crippen LogP contribution in [0.4, 0.5) is 5.69 Å². The molecule has 0 N–H and O–H groups in total. The van der Waals surface area contributed by atoms with Crippen LogP contribution < -0.4 is 4.90 Å². The van der Waals surface area contributed by atoms with Gasteiger partial charge in [0.15, 0.2) is 0 Å². The first-order chi connectivity index (χ1) is 9.63. The summed E-state index contributed by atoms with van der Waals surface area (Å²) in [6.07, 6.45) is 0. The molecule has 0 radical (unpaired) electrons. The Morgan fingerprint density at radius 2 is 2.00 bits per heavy atom. The Morgan fingerprint density at radius 1 is 1.20 bits per heavy atom. The molecule has 2 rings (SSSR count). The molecule has 0 saturated carbocycles. The molecular weight excluding hydrogens is 312 g/mol. The van der Waals surface area contributed by atoms with Gasteiger partial charge in [-0.05, 0) is 47.9 Å². The van der Waals surface area contributed by atoms with Crippen molar-refractivity contribution in [1.29, 1.82) is 5.26 Å². The maximum atomic E-state index is 8.94. The van der Waals surface area contributed by atoms with Gasteiger partial charge in [0.25, 0.3) is 0 Å². The lowest BCUT2D eigenvalue weighted by atomic mass is 10.1. The summed E-state index contributed by atoms with van der Waals surface area (Å²) < 4.78 is 0. The predicted molar refractivity (Wildman–Crippen MR) is 87.1 cm³/mol. The fourth-order valence-corrected chi connectivity index (χ4v) is 2.80. The minimum Gasteiger partial charge on any atom is -0.370 e. The van der Waals surface area contributed by atoms with Crippen LogP contribution in [-0.4, -0.2) is 7.05 Å². The van der Waals surface area contributed by atoms with E-state index < -0.39 is 0 Å². The van der Waals surface area contributed by atoms with Gasteiger partial charge in [-0.15, -0.1) is 0 Å². The second-order valence-corrected chi connectivity index (χ2v) is 5.47. The van der Waals surface area contributed by atoms with Crippen LogP contribution in [0.1, 0.15) is 22.3 Å². The maximum Gasteiger partial charge on any atom is 0.0991 e. The molecule has 0 atom stereocenters. The van der Waals surface area contributed by atoms with Gasteiger partial charge in [0, 0.05) is 24.6 Å². The summed E-state index contributed by atoms with van der Waals surface area (Å²) in [5.74, 6) is 0. The Balaban J connectivity index is 2.17. The Hall–Kier alpha value is -1.79. The third kappa shape index (κ3) is 3.40. The topological polar surface area (TPSA) is 27.0 Å². The summed E-state index contributed by atoms with van der Waals surface area (Å²) in [5, 5.41) is 9.82. The summed E-state index contributed by atoms with van der Waals surface area (Å²) in [6, 6.07) is 16.4. The van der Waals surface area contributed by atoms with E-state index in [1.54, 1.807) is 0 Å². The van der Waals surface area contributed by atoms with Gasteiger partial charge in [0.1, 0.15) is 0 Å². The minimum atomic E-state index is 0.710. The van der Waals surface area contributed by atoms with Gasteiger partial charge < -0.3 is 4.90 Å². The molecule has 20 heavy (non-hydrogen) atoms. The van der Waals surface area contributed by atoms with Crippen LogP contribution in [0.25, 0.3) is 0 Å². The average molecular weight is 329 g/mol. The van der Waals surface area contributed by atoms with Gasteiger partial charge in [-0.2, -0.15) is 5.26 Å². The van der Waals surface area contributed by atoms with Gasteiger partial charge in [-0.25, -0.2) is 0 Å². The van der Waals surface area contributed by atoms with Crippen LogP contribution in [0.2, 0.25) is 0 Å². The lowest BCUT2D eigenvalue weighted by molar-refractivity contribution is 0.920. The van der Waals surface area contributed by atoms with Crippen LogP contribution in [-0.2, 0) is 11.9 Å². The highest BCUT2D eigenvalue weighted by Crippen LogP contribution is 2.21. The monoisotopic (exact) mass is 328 g/mol. The first-order valence-corrected chi connectivity index (χ1v) is 7.62. The van der Waals surface area contributed by atoms with Crippen molar-refractivity contribution in [3.63, 3.8) is 0 Å². The summed E-state index contributed by atoms with van der Waals surface area (Å²) >= 11 is 3.50. The maximum absolute atomic E-state index is 8.94. The van der Waals surface area contributed by atoms with Crippen LogP contribution in [0.15, 0.2) is 42.5 Å². The standard InChI is InChI=1S/C17H17BrN2/c1-13-8-17(7-6-16(13)10-18)20(2)12-15-5-3-4-14(9-15)11-19/h3-9H,10,12H2,1-2H3. The number of hydrogen-bond acceptors (Lipinski definition) is 2. The molecule has 0 aliphatic carbocycles. The van der Waals surface area contributed by atoms with Crippen molar-refractivity contribution in [1.82, 2.24) is 0 Å². The number of halogens is 1. The van der Waals surface area contributed by atoms with E-state index in [1.807, 2.05) is 18.2 Å². The fraction of sp³-hybridized carbons (Fsp3) is 0.235. The molecular formula is C17H17BrN2. The van der Waals surface area contributed by atoms with Crippen LogP contribution in [0, 0.1) is 18.3 Å². The van der Waals surface area contributed by atoms with Crippen molar-refractivity contribution >= 4 is 21.6 Å². The number of benzene rings is 2. The molecule has 2 aromatic rings. The van der Waals surface area contributed by atoms with Gasteiger partial charge in [0.2, 0.25) is 0 Å². The molecule has 0 amide bonds. The zero-order valence-electron chi connectivity index (χ0n) is 11.7. The summed E-state index contributed by atoms with van der Waals surface area (Å²) in [7, 11) is 2.07. The molecule has 2 nitrogen and oxygen atoms in total. The number of nitriles is 1. The fourth-order valence-electron chi connectivity index (χ4n) is 2.17. The number of hydrogen-bond donors (Lipinski definition) is 0. The van der Waals surface area contributed by atoms with Crippen molar-refractivity contribution in [2.75, 3.05) is 11.9 Å². The third-order valence-electron chi connectivity index (χ3n) is 3.39. The predicted octanol–water partition coefficient (Wildman–Crippen LogP) is 4.40. The molecule has 0 fully saturated rings. The highest BCUT2D eigenvalue weighted by molar-refractivity contribution is 9.08. The molecule has 102 valence electrons. The van der Waals surface area contributed by atoms with E-state index in [-0.39, 0.29) is 0 Å². The second-order valence-electron chi connectivity index (χ2n) is 4.91. The highest BCUT2D eigenvalue weighted by Gasteiger charge is 2.05. The Labute approximate surface area is 128 Å². The summed E-state index contributed by atoms with van der Waals surface area (Å²) in [6.45, 7) is 2.92. The SMILES string of the molecule is Cc1cc(N(C)Cc2cccc(C#N)c2)ccc1CBr. The minimum absolute atomic E-state index is 0.710. The van der Waals surface area contributed by atoms with E-state index in [0.29, 0.717) is 5.56 Å².